The van der Waals surface area contributed by atoms with Crippen LogP contribution in [0.2, 0.25) is 5.02 Å². The van der Waals surface area contributed by atoms with Crippen LogP contribution < -0.4 is 4.90 Å². The first kappa shape index (κ1) is 13.4. The zero-order valence-electron chi connectivity index (χ0n) is 9.61. The number of benzene rings is 1. The Morgan fingerprint density at radius 3 is 2.78 bits per heavy atom. The number of carboxylic acid groups (broad SMARTS) is 1. The second-order valence-electron chi connectivity index (χ2n) is 4.25. The highest BCUT2D eigenvalue weighted by Gasteiger charge is 2.35. The highest BCUT2D eigenvalue weighted by Crippen LogP contribution is 2.35. The van der Waals surface area contributed by atoms with Crippen molar-refractivity contribution in [2.45, 2.75) is 13.3 Å². The van der Waals surface area contributed by atoms with E-state index >= 15 is 0 Å². The second-order valence-corrected chi connectivity index (χ2v) is 5.48. The summed E-state index contributed by atoms with van der Waals surface area (Å²) >= 11 is 9.42. The van der Waals surface area contributed by atoms with Crippen LogP contribution in [-0.4, -0.2) is 23.5 Å². The third-order valence-electron chi connectivity index (χ3n) is 3.08. The van der Waals surface area contributed by atoms with E-state index in [9.17, 15) is 9.59 Å². The van der Waals surface area contributed by atoms with Crippen molar-refractivity contribution in [3.63, 3.8) is 0 Å². The third-order valence-corrected chi connectivity index (χ3v) is 4.45. The summed E-state index contributed by atoms with van der Waals surface area (Å²) in [6.45, 7) is 2.01. The first-order valence-electron chi connectivity index (χ1n) is 5.39. The molecule has 1 aromatic rings. The fourth-order valence-electron chi connectivity index (χ4n) is 2.04. The number of nitrogens with zero attached hydrogens (tertiary/aromatic N) is 1. The molecule has 1 fully saturated rings. The maximum Gasteiger partial charge on any atom is 0.308 e. The van der Waals surface area contributed by atoms with Gasteiger partial charge in [0, 0.05) is 23.1 Å². The van der Waals surface area contributed by atoms with Gasteiger partial charge in [0.2, 0.25) is 5.91 Å². The van der Waals surface area contributed by atoms with E-state index in [2.05, 4.69) is 15.9 Å². The quantitative estimate of drug-likeness (QED) is 0.906. The van der Waals surface area contributed by atoms with Crippen molar-refractivity contribution in [2.24, 2.45) is 5.92 Å². The van der Waals surface area contributed by atoms with Gasteiger partial charge in [0.15, 0.2) is 0 Å². The Hall–Kier alpha value is -1.07. The van der Waals surface area contributed by atoms with Crippen molar-refractivity contribution in [3.8, 4) is 0 Å². The molecule has 1 heterocycles. The molecule has 0 saturated carbocycles. The predicted octanol–water partition coefficient (Wildman–Crippen LogP) is 2.85. The molecular formula is C12H11BrClNO3. The van der Waals surface area contributed by atoms with Gasteiger partial charge in [-0.1, -0.05) is 11.6 Å². The standard InChI is InChI=1S/C12H11BrClNO3/c1-6-9(3-2-8(13)11(6)14)15-5-7(12(17)18)4-10(15)16/h2-3,7H,4-5H2,1H3,(H,17,18). The largest absolute Gasteiger partial charge is 0.481 e. The first-order valence-corrected chi connectivity index (χ1v) is 6.56. The van der Waals surface area contributed by atoms with Gasteiger partial charge in [0.1, 0.15) is 0 Å². The van der Waals surface area contributed by atoms with Crippen molar-refractivity contribution < 1.29 is 14.7 Å². The number of carbonyl (C=O) groups is 2. The average Bonchev–Trinajstić information content (AvgIpc) is 2.69. The Labute approximate surface area is 118 Å². The number of carbonyl (C=O) groups excluding carboxylic acids is 1. The van der Waals surface area contributed by atoms with E-state index < -0.39 is 11.9 Å². The second kappa shape index (κ2) is 4.90. The number of anilines is 1. The van der Waals surface area contributed by atoms with Crippen LogP contribution in [0.25, 0.3) is 0 Å². The maximum absolute atomic E-state index is 11.8. The van der Waals surface area contributed by atoms with Crippen LogP contribution in [0, 0.1) is 12.8 Å². The molecule has 0 aromatic heterocycles. The van der Waals surface area contributed by atoms with E-state index in [1.54, 1.807) is 12.1 Å². The molecule has 4 nitrogen and oxygen atoms in total. The molecule has 0 spiro atoms. The minimum Gasteiger partial charge on any atom is -0.481 e. The molecule has 6 heteroatoms. The van der Waals surface area contributed by atoms with Gasteiger partial charge >= 0.3 is 5.97 Å². The summed E-state index contributed by atoms with van der Waals surface area (Å²) in [5.74, 6) is -1.75. The topological polar surface area (TPSA) is 57.6 Å². The van der Waals surface area contributed by atoms with Gasteiger partial charge in [-0.3, -0.25) is 9.59 Å². The minimum absolute atomic E-state index is 0.0441. The van der Waals surface area contributed by atoms with E-state index in [0.29, 0.717) is 10.7 Å². The summed E-state index contributed by atoms with van der Waals surface area (Å²) in [5.41, 5.74) is 1.45. The number of halogens is 2. The van der Waals surface area contributed by atoms with Gasteiger partial charge < -0.3 is 10.0 Å². The molecule has 1 aliphatic heterocycles. The molecule has 1 amide bonds. The summed E-state index contributed by atoms with van der Waals surface area (Å²) in [5, 5.41) is 9.49. The first-order chi connectivity index (χ1) is 8.41. The van der Waals surface area contributed by atoms with Crippen LogP contribution >= 0.6 is 27.5 Å². The number of aliphatic carboxylic acids is 1. The fourth-order valence-corrected chi connectivity index (χ4v) is 2.63. The molecule has 96 valence electrons. The lowest BCUT2D eigenvalue weighted by Gasteiger charge is -2.19. The van der Waals surface area contributed by atoms with Gasteiger partial charge in [-0.05, 0) is 40.5 Å². The third kappa shape index (κ3) is 2.24. The summed E-state index contributed by atoms with van der Waals surface area (Å²) in [7, 11) is 0. The van der Waals surface area contributed by atoms with E-state index in [1.165, 1.54) is 4.90 Å². The van der Waals surface area contributed by atoms with Crippen LogP contribution in [0.3, 0.4) is 0 Å². The van der Waals surface area contributed by atoms with Crippen LogP contribution in [-0.2, 0) is 9.59 Å². The fraction of sp³-hybridized carbons (Fsp3) is 0.333. The maximum atomic E-state index is 11.8. The van der Waals surface area contributed by atoms with Crippen LogP contribution in [0.4, 0.5) is 5.69 Å². The summed E-state index contributed by atoms with van der Waals surface area (Å²) < 4.78 is 0.756. The Morgan fingerprint density at radius 1 is 1.56 bits per heavy atom. The molecule has 2 rings (SSSR count). The molecule has 0 bridgehead atoms. The molecule has 1 N–H and O–H groups in total. The number of hydrogen-bond donors (Lipinski definition) is 1. The highest BCUT2D eigenvalue weighted by atomic mass is 79.9. The number of rotatable bonds is 2. The Bertz CT molecular complexity index is 532. The zero-order valence-corrected chi connectivity index (χ0v) is 12.0. The van der Waals surface area contributed by atoms with Gasteiger partial charge in [0.25, 0.3) is 0 Å². The normalized spacial score (nSPS) is 19.4. The van der Waals surface area contributed by atoms with E-state index in [0.717, 1.165) is 10.0 Å². The van der Waals surface area contributed by atoms with E-state index in [1.807, 2.05) is 6.92 Å². The molecule has 18 heavy (non-hydrogen) atoms. The Morgan fingerprint density at radius 2 is 2.22 bits per heavy atom. The highest BCUT2D eigenvalue weighted by molar-refractivity contribution is 9.10. The molecule has 1 atom stereocenters. The number of hydrogen-bond acceptors (Lipinski definition) is 2. The monoisotopic (exact) mass is 331 g/mol. The SMILES string of the molecule is Cc1c(N2CC(C(=O)O)CC2=O)ccc(Br)c1Cl. The zero-order chi connectivity index (χ0) is 13.4. The van der Waals surface area contributed by atoms with Crippen molar-refractivity contribution >= 4 is 45.1 Å². The van der Waals surface area contributed by atoms with Gasteiger partial charge in [-0.15, -0.1) is 0 Å². The van der Waals surface area contributed by atoms with E-state index in [-0.39, 0.29) is 18.9 Å². The van der Waals surface area contributed by atoms with Gasteiger partial charge in [-0.25, -0.2) is 0 Å². The van der Waals surface area contributed by atoms with Crippen molar-refractivity contribution in [3.05, 3.63) is 27.2 Å². The van der Waals surface area contributed by atoms with Crippen LogP contribution in [0.1, 0.15) is 12.0 Å². The van der Waals surface area contributed by atoms with Gasteiger partial charge in [-0.2, -0.15) is 0 Å². The van der Waals surface area contributed by atoms with Gasteiger partial charge in [0.05, 0.1) is 10.9 Å². The number of amides is 1. The summed E-state index contributed by atoms with van der Waals surface area (Å²) in [6.07, 6.45) is 0.0441. The van der Waals surface area contributed by atoms with Crippen molar-refractivity contribution in [1.82, 2.24) is 0 Å². The molecule has 1 unspecified atom stereocenters. The molecule has 1 aromatic carbocycles. The lowest BCUT2D eigenvalue weighted by Crippen LogP contribution is -2.26. The lowest BCUT2D eigenvalue weighted by molar-refractivity contribution is -0.141. The van der Waals surface area contributed by atoms with Crippen molar-refractivity contribution in [1.29, 1.82) is 0 Å². The van der Waals surface area contributed by atoms with Crippen LogP contribution in [0.15, 0.2) is 16.6 Å². The summed E-state index contributed by atoms with van der Waals surface area (Å²) in [4.78, 5) is 24.3. The molecule has 1 aliphatic rings. The Kier molecular flexibility index (Phi) is 3.64. The van der Waals surface area contributed by atoms with Crippen LogP contribution in [0.5, 0.6) is 0 Å². The van der Waals surface area contributed by atoms with Crippen molar-refractivity contribution in [2.75, 3.05) is 11.4 Å². The molecule has 0 aliphatic carbocycles. The smallest absolute Gasteiger partial charge is 0.308 e. The molecule has 1 saturated heterocycles. The Balaban J connectivity index is 2.36. The average molecular weight is 333 g/mol. The number of carboxylic acids is 1. The lowest BCUT2D eigenvalue weighted by atomic mass is 10.1. The van der Waals surface area contributed by atoms with E-state index in [4.69, 9.17) is 16.7 Å². The predicted molar refractivity (Wildman–Crippen MR) is 72.0 cm³/mol. The minimum atomic E-state index is -0.938. The molecular weight excluding hydrogens is 321 g/mol. The molecule has 0 radical (unpaired) electrons. The summed E-state index contributed by atoms with van der Waals surface area (Å²) in [6, 6.07) is 3.53.